The Morgan fingerprint density at radius 1 is 0.952 bits per heavy atom. The van der Waals surface area contributed by atoms with Crippen LogP contribution >= 0.6 is 11.6 Å². The molecule has 0 spiro atoms. The lowest BCUT2D eigenvalue weighted by molar-refractivity contribution is 0.601. The van der Waals surface area contributed by atoms with Gasteiger partial charge >= 0.3 is 0 Å². The van der Waals surface area contributed by atoms with Gasteiger partial charge in [-0.05, 0) is 55.0 Å². The first-order valence-electron chi connectivity index (χ1n) is 6.96. The Bertz CT molecular complexity index is 772. The van der Waals surface area contributed by atoms with E-state index in [4.69, 9.17) is 11.6 Å². The standard InChI is InChI=1S/C16H16ClNO2S/c17-14-9-3-4-11-16(14)21(19,20)18-15-10-5-7-12-6-1-2-8-13(12)15/h3-5,7,9-11,18H,1-2,6,8H2. The summed E-state index contributed by atoms with van der Waals surface area (Å²) in [7, 11) is -3.66. The molecule has 0 aromatic heterocycles. The van der Waals surface area contributed by atoms with Crippen LogP contribution < -0.4 is 4.72 Å². The summed E-state index contributed by atoms with van der Waals surface area (Å²) in [6.07, 6.45) is 4.18. The maximum Gasteiger partial charge on any atom is 0.263 e. The minimum atomic E-state index is -3.66. The summed E-state index contributed by atoms with van der Waals surface area (Å²) in [5, 5.41) is 0.231. The van der Waals surface area contributed by atoms with Gasteiger partial charge in [-0.1, -0.05) is 35.9 Å². The molecule has 0 heterocycles. The molecule has 2 aromatic carbocycles. The van der Waals surface area contributed by atoms with Crippen LogP contribution in [0.3, 0.4) is 0 Å². The number of nitrogens with one attached hydrogen (secondary N) is 1. The van der Waals surface area contributed by atoms with E-state index < -0.39 is 10.0 Å². The van der Waals surface area contributed by atoms with Gasteiger partial charge in [0.25, 0.3) is 10.0 Å². The number of benzene rings is 2. The summed E-state index contributed by atoms with van der Waals surface area (Å²) >= 11 is 6.00. The third kappa shape index (κ3) is 2.92. The van der Waals surface area contributed by atoms with E-state index in [1.807, 2.05) is 12.1 Å². The van der Waals surface area contributed by atoms with E-state index in [2.05, 4.69) is 10.8 Å². The van der Waals surface area contributed by atoms with Crippen molar-refractivity contribution in [3.63, 3.8) is 0 Å². The Morgan fingerprint density at radius 3 is 2.52 bits per heavy atom. The number of fused-ring (bicyclic) bond motifs is 1. The lowest BCUT2D eigenvalue weighted by Crippen LogP contribution is -2.16. The van der Waals surface area contributed by atoms with Crippen LogP contribution in [-0.4, -0.2) is 8.42 Å². The number of aryl methyl sites for hydroxylation is 1. The molecule has 1 aliphatic rings. The van der Waals surface area contributed by atoms with Gasteiger partial charge in [-0.3, -0.25) is 4.72 Å². The van der Waals surface area contributed by atoms with Gasteiger partial charge in [-0.15, -0.1) is 0 Å². The molecule has 0 saturated carbocycles. The highest BCUT2D eigenvalue weighted by Crippen LogP contribution is 2.30. The molecule has 2 aromatic rings. The van der Waals surface area contributed by atoms with Gasteiger partial charge < -0.3 is 0 Å². The van der Waals surface area contributed by atoms with Gasteiger partial charge in [0, 0.05) is 0 Å². The van der Waals surface area contributed by atoms with Gasteiger partial charge in [0.05, 0.1) is 10.7 Å². The van der Waals surface area contributed by atoms with E-state index in [0.29, 0.717) is 5.69 Å². The molecule has 21 heavy (non-hydrogen) atoms. The van der Waals surface area contributed by atoms with Gasteiger partial charge in [0.15, 0.2) is 0 Å². The van der Waals surface area contributed by atoms with Gasteiger partial charge in [-0.25, -0.2) is 8.42 Å². The van der Waals surface area contributed by atoms with E-state index in [9.17, 15) is 8.42 Å². The minimum absolute atomic E-state index is 0.111. The molecule has 0 atom stereocenters. The number of halogens is 1. The minimum Gasteiger partial charge on any atom is -0.279 e. The maximum absolute atomic E-state index is 12.5. The quantitative estimate of drug-likeness (QED) is 0.928. The average molecular weight is 322 g/mol. The molecule has 3 nitrogen and oxygen atoms in total. The molecule has 0 bridgehead atoms. The average Bonchev–Trinajstić information content (AvgIpc) is 2.47. The van der Waals surface area contributed by atoms with Gasteiger partial charge in [-0.2, -0.15) is 0 Å². The first-order chi connectivity index (χ1) is 10.1. The zero-order valence-electron chi connectivity index (χ0n) is 11.5. The van der Waals surface area contributed by atoms with Crippen molar-refractivity contribution in [1.29, 1.82) is 0 Å². The lowest BCUT2D eigenvalue weighted by Gasteiger charge is -2.20. The van der Waals surface area contributed by atoms with Crippen molar-refractivity contribution >= 4 is 27.3 Å². The van der Waals surface area contributed by atoms with Crippen molar-refractivity contribution in [3.8, 4) is 0 Å². The highest BCUT2D eigenvalue weighted by molar-refractivity contribution is 7.92. The molecule has 0 saturated heterocycles. The molecule has 0 aliphatic heterocycles. The van der Waals surface area contributed by atoms with E-state index in [0.717, 1.165) is 31.2 Å². The molecule has 0 radical (unpaired) electrons. The Labute approximate surface area is 130 Å². The van der Waals surface area contributed by atoms with Crippen LogP contribution in [0.25, 0.3) is 0 Å². The summed E-state index contributed by atoms with van der Waals surface area (Å²) in [5.74, 6) is 0. The molecule has 110 valence electrons. The predicted molar refractivity (Wildman–Crippen MR) is 85.3 cm³/mol. The molecule has 1 aliphatic carbocycles. The summed E-state index contributed by atoms with van der Waals surface area (Å²) in [5.41, 5.74) is 3.02. The fraction of sp³-hybridized carbons (Fsp3) is 0.250. The summed E-state index contributed by atoms with van der Waals surface area (Å²) in [6.45, 7) is 0. The molecule has 3 rings (SSSR count). The zero-order valence-corrected chi connectivity index (χ0v) is 13.0. The molecular weight excluding hydrogens is 306 g/mol. The topological polar surface area (TPSA) is 46.2 Å². The first kappa shape index (κ1) is 14.4. The fourth-order valence-corrected chi connectivity index (χ4v) is 4.35. The van der Waals surface area contributed by atoms with E-state index in [1.165, 1.54) is 11.6 Å². The third-order valence-corrected chi connectivity index (χ3v) is 5.63. The maximum atomic E-state index is 12.5. The van der Waals surface area contributed by atoms with Crippen molar-refractivity contribution < 1.29 is 8.42 Å². The molecule has 1 N–H and O–H groups in total. The smallest absolute Gasteiger partial charge is 0.263 e. The summed E-state index contributed by atoms with van der Waals surface area (Å²) in [6, 6.07) is 12.3. The van der Waals surface area contributed by atoms with Crippen LogP contribution in [-0.2, 0) is 22.9 Å². The second-order valence-electron chi connectivity index (χ2n) is 5.19. The van der Waals surface area contributed by atoms with Crippen molar-refractivity contribution in [2.75, 3.05) is 4.72 Å². The normalized spacial score (nSPS) is 14.5. The van der Waals surface area contributed by atoms with Gasteiger partial charge in [0.2, 0.25) is 0 Å². The Kier molecular flexibility index (Phi) is 3.91. The SMILES string of the molecule is O=S(=O)(Nc1cccc2c1CCCC2)c1ccccc1Cl. The van der Waals surface area contributed by atoms with Crippen molar-refractivity contribution in [2.24, 2.45) is 0 Å². The molecular formula is C16H16ClNO2S. The Morgan fingerprint density at radius 2 is 1.71 bits per heavy atom. The van der Waals surface area contributed by atoms with Crippen LogP contribution in [0.5, 0.6) is 0 Å². The van der Waals surface area contributed by atoms with Crippen LogP contribution in [0.4, 0.5) is 5.69 Å². The Hall–Kier alpha value is -1.52. The summed E-state index contributed by atoms with van der Waals surface area (Å²) < 4.78 is 27.7. The highest BCUT2D eigenvalue weighted by Gasteiger charge is 2.20. The van der Waals surface area contributed by atoms with Gasteiger partial charge in [0.1, 0.15) is 4.90 Å². The van der Waals surface area contributed by atoms with E-state index in [1.54, 1.807) is 18.2 Å². The van der Waals surface area contributed by atoms with Crippen LogP contribution in [0.1, 0.15) is 24.0 Å². The summed E-state index contributed by atoms with van der Waals surface area (Å²) in [4.78, 5) is 0.111. The van der Waals surface area contributed by atoms with Crippen LogP contribution in [0, 0.1) is 0 Å². The number of rotatable bonds is 3. The second-order valence-corrected chi connectivity index (χ2v) is 7.24. The fourth-order valence-electron chi connectivity index (χ4n) is 2.74. The first-order valence-corrected chi connectivity index (χ1v) is 8.82. The number of hydrogen-bond donors (Lipinski definition) is 1. The number of hydrogen-bond acceptors (Lipinski definition) is 2. The lowest BCUT2D eigenvalue weighted by atomic mass is 9.91. The number of sulfonamides is 1. The molecule has 0 fully saturated rings. The van der Waals surface area contributed by atoms with Crippen LogP contribution in [0.15, 0.2) is 47.4 Å². The largest absolute Gasteiger partial charge is 0.279 e. The predicted octanol–water partition coefficient (Wildman–Crippen LogP) is 4.02. The highest BCUT2D eigenvalue weighted by atomic mass is 35.5. The zero-order chi connectivity index (χ0) is 14.9. The monoisotopic (exact) mass is 321 g/mol. The van der Waals surface area contributed by atoms with E-state index in [-0.39, 0.29) is 9.92 Å². The molecule has 5 heteroatoms. The van der Waals surface area contributed by atoms with Crippen molar-refractivity contribution in [2.45, 2.75) is 30.6 Å². The van der Waals surface area contributed by atoms with E-state index >= 15 is 0 Å². The Balaban J connectivity index is 1.99. The van der Waals surface area contributed by atoms with Crippen molar-refractivity contribution in [1.82, 2.24) is 0 Å². The molecule has 0 amide bonds. The number of anilines is 1. The molecule has 0 unspecified atom stereocenters. The second kappa shape index (κ2) is 5.70. The van der Waals surface area contributed by atoms with Crippen molar-refractivity contribution in [3.05, 3.63) is 58.6 Å². The van der Waals surface area contributed by atoms with Crippen LogP contribution in [0.2, 0.25) is 5.02 Å². The third-order valence-electron chi connectivity index (χ3n) is 3.77.